The van der Waals surface area contributed by atoms with Gasteiger partial charge in [-0.3, -0.25) is 0 Å². The van der Waals surface area contributed by atoms with Crippen LogP contribution in [-0.2, 0) is 11.6 Å². The maximum Gasteiger partial charge on any atom is 0.417 e. The topological polar surface area (TPSA) is 19.4 Å². The Balaban J connectivity index is 1.88. The molecule has 3 nitrogen and oxygen atoms in total. The zero-order valence-electron chi connectivity index (χ0n) is 19.1. The van der Waals surface area contributed by atoms with Crippen LogP contribution < -0.4 is 9.80 Å². The van der Waals surface area contributed by atoms with Gasteiger partial charge in [0, 0.05) is 28.4 Å². The maximum absolute atomic E-state index is 13.7. The number of anilines is 4. The van der Waals surface area contributed by atoms with Crippen LogP contribution in [0, 0.1) is 12.3 Å². The molecule has 2 atom stereocenters. The number of halogens is 3. The normalized spacial score (nSPS) is 23.1. The highest BCUT2D eigenvalue weighted by molar-refractivity contribution is 5.90. The molecule has 3 aromatic rings. The molecular formula is C27H26F3N3. The second-order valence-corrected chi connectivity index (χ2v) is 9.61. The number of benzene rings is 2. The molecular weight excluding hydrogens is 423 g/mol. The number of para-hydroxylation sites is 2. The zero-order valence-corrected chi connectivity index (χ0v) is 19.1. The third kappa shape index (κ3) is 2.79. The molecule has 2 aliphatic rings. The Hall–Kier alpha value is -3.28. The lowest BCUT2D eigenvalue weighted by Crippen LogP contribution is -2.60. The standard InChI is InChI=1S/C27H26F3N3/c1-6-26(5)19-12-8-10-14-21(19)32-22-15-18(27(28,29)30)16-31-23(22)33(24(32)25(26,3)4)20-13-9-7-11-17(20)2/h6-16,24H,1H2,2-5H3. The number of fused-ring (bicyclic) bond motifs is 5. The molecule has 5 rings (SSSR count). The molecule has 2 aromatic carbocycles. The van der Waals surface area contributed by atoms with E-state index in [4.69, 9.17) is 0 Å². The van der Waals surface area contributed by atoms with E-state index in [1.807, 2.05) is 66.4 Å². The minimum atomic E-state index is -4.48. The molecule has 0 radical (unpaired) electrons. The van der Waals surface area contributed by atoms with Gasteiger partial charge in [-0.1, -0.05) is 63.2 Å². The first kappa shape index (κ1) is 21.6. The molecule has 0 saturated heterocycles. The summed E-state index contributed by atoms with van der Waals surface area (Å²) >= 11 is 0. The highest BCUT2D eigenvalue weighted by atomic mass is 19.4. The van der Waals surface area contributed by atoms with Gasteiger partial charge in [-0.2, -0.15) is 13.2 Å². The average molecular weight is 450 g/mol. The highest BCUT2D eigenvalue weighted by Crippen LogP contribution is 2.62. The van der Waals surface area contributed by atoms with E-state index in [9.17, 15) is 13.2 Å². The first-order chi connectivity index (χ1) is 15.5. The highest BCUT2D eigenvalue weighted by Gasteiger charge is 2.59. The summed E-state index contributed by atoms with van der Waals surface area (Å²) in [6, 6.07) is 17.1. The summed E-state index contributed by atoms with van der Waals surface area (Å²) in [4.78, 5) is 8.53. The predicted molar refractivity (Wildman–Crippen MR) is 126 cm³/mol. The summed E-state index contributed by atoms with van der Waals surface area (Å²) in [6.07, 6.45) is -1.87. The van der Waals surface area contributed by atoms with E-state index in [1.165, 1.54) is 6.07 Å². The molecule has 3 heterocycles. The Morgan fingerprint density at radius 2 is 1.58 bits per heavy atom. The van der Waals surface area contributed by atoms with Gasteiger partial charge in [-0.05, 0) is 36.2 Å². The molecule has 0 fully saturated rings. The monoisotopic (exact) mass is 449 g/mol. The lowest BCUT2D eigenvalue weighted by atomic mass is 9.58. The number of aromatic nitrogens is 1. The molecule has 6 heteroatoms. The molecule has 170 valence electrons. The van der Waals surface area contributed by atoms with Crippen LogP contribution in [0.15, 0.2) is 73.4 Å². The number of aryl methyl sites for hydroxylation is 1. The fourth-order valence-corrected chi connectivity index (χ4v) is 5.42. The maximum atomic E-state index is 13.7. The molecule has 0 amide bonds. The fourth-order valence-electron chi connectivity index (χ4n) is 5.42. The molecule has 0 aliphatic carbocycles. The van der Waals surface area contributed by atoms with Crippen LogP contribution in [0.25, 0.3) is 0 Å². The molecule has 0 bridgehead atoms. The van der Waals surface area contributed by atoms with Gasteiger partial charge in [0.05, 0.1) is 11.3 Å². The minimum absolute atomic E-state index is 0.303. The van der Waals surface area contributed by atoms with Gasteiger partial charge in [-0.15, -0.1) is 6.58 Å². The molecule has 0 spiro atoms. The van der Waals surface area contributed by atoms with Crippen molar-refractivity contribution >= 4 is 22.9 Å². The Morgan fingerprint density at radius 3 is 2.21 bits per heavy atom. The summed E-state index contributed by atoms with van der Waals surface area (Å²) in [7, 11) is 0. The average Bonchev–Trinajstić information content (AvgIpc) is 3.13. The fraction of sp³-hybridized carbons (Fsp3) is 0.296. The van der Waals surface area contributed by atoms with Crippen LogP contribution in [-0.4, -0.2) is 11.1 Å². The molecule has 1 aromatic heterocycles. The van der Waals surface area contributed by atoms with E-state index >= 15 is 0 Å². The van der Waals surface area contributed by atoms with Gasteiger partial charge in [0.2, 0.25) is 0 Å². The first-order valence-corrected chi connectivity index (χ1v) is 11.0. The number of hydrogen-bond donors (Lipinski definition) is 0. The second-order valence-electron chi connectivity index (χ2n) is 9.61. The predicted octanol–water partition coefficient (Wildman–Crippen LogP) is 7.51. The van der Waals surface area contributed by atoms with Crippen molar-refractivity contribution < 1.29 is 13.2 Å². The SMILES string of the molecule is C=CC1(C)c2ccccc2N2c3cc(C(F)(F)F)cnc3N(c3ccccc3C)C2C1(C)C. The Bertz CT molecular complexity index is 1260. The second kappa shape index (κ2) is 6.86. The van der Waals surface area contributed by atoms with E-state index in [-0.39, 0.29) is 6.17 Å². The van der Waals surface area contributed by atoms with Crippen LogP contribution in [0.4, 0.5) is 36.1 Å². The zero-order chi connectivity index (χ0) is 23.8. The van der Waals surface area contributed by atoms with Gasteiger partial charge in [0.1, 0.15) is 6.17 Å². The van der Waals surface area contributed by atoms with Crippen molar-refractivity contribution in [3.8, 4) is 0 Å². The summed E-state index contributed by atoms with van der Waals surface area (Å²) in [5.41, 5.74) is 2.72. The van der Waals surface area contributed by atoms with Gasteiger partial charge in [0.25, 0.3) is 0 Å². The van der Waals surface area contributed by atoms with E-state index in [2.05, 4.69) is 37.2 Å². The summed E-state index contributed by atoms with van der Waals surface area (Å²) in [5.74, 6) is 0.526. The van der Waals surface area contributed by atoms with Crippen LogP contribution >= 0.6 is 0 Å². The largest absolute Gasteiger partial charge is 0.417 e. The molecule has 33 heavy (non-hydrogen) atoms. The molecule has 2 aliphatic heterocycles. The van der Waals surface area contributed by atoms with Gasteiger partial charge < -0.3 is 9.80 Å². The van der Waals surface area contributed by atoms with Crippen LogP contribution in [0.5, 0.6) is 0 Å². The van der Waals surface area contributed by atoms with E-state index in [0.29, 0.717) is 11.5 Å². The van der Waals surface area contributed by atoms with Crippen LogP contribution in [0.2, 0.25) is 0 Å². The minimum Gasteiger partial charge on any atom is -0.316 e. The van der Waals surface area contributed by atoms with Gasteiger partial charge in [-0.25, -0.2) is 4.98 Å². The summed E-state index contributed by atoms with van der Waals surface area (Å²) < 4.78 is 41.1. The Morgan fingerprint density at radius 1 is 0.939 bits per heavy atom. The van der Waals surface area contributed by atoms with Crippen LogP contribution in [0.3, 0.4) is 0 Å². The number of hydrogen-bond acceptors (Lipinski definition) is 3. The van der Waals surface area contributed by atoms with Crippen molar-refractivity contribution in [1.82, 2.24) is 4.98 Å². The van der Waals surface area contributed by atoms with Crippen LogP contribution in [0.1, 0.15) is 37.5 Å². The quantitative estimate of drug-likeness (QED) is 0.378. The smallest absolute Gasteiger partial charge is 0.316 e. The number of allylic oxidation sites excluding steroid dienone is 1. The number of alkyl halides is 3. The van der Waals surface area contributed by atoms with Crippen molar-refractivity contribution in [2.45, 2.75) is 45.5 Å². The van der Waals surface area contributed by atoms with Gasteiger partial charge in [0.15, 0.2) is 5.82 Å². The number of nitrogens with zero attached hydrogens (tertiary/aromatic N) is 3. The first-order valence-electron chi connectivity index (χ1n) is 11.0. The number of rotatable bonds is 2. The van der Waals surface area contributed by atoms with E-state index < -0.39 is 22.6 Å². The van der Waals surface area contributed by atoms with Crippen molar-refractivity contribution in [2.24, 2.45) is 5.41 Å². The lowest BCUT2D eigenvalue weighted by molar-refractivity contribution is -0.137. The van der Waals surface area contributed by atoms with Crippen molar-refractivity contribution in [3.05, 3.63) is 90.1 Å². The molecule has 2 unspecified atom stereocenters. The van der Waals surface area contributed by atoms with Crippen molar-refractivity contribution in [3.63, 3.8) is 0 Å². The van der Waals surface area contributed by atoms with Gasteiger partial charge >= 0.3 is 6.18 Å². The van der Waals surface area contributed by atoms with Crippen molar-refractivity contribution in [2.75, 3.05) is 9.80 Å². The molecule has 0 saturated carbocycles. The Labute approximate surface area is 192 Å². The third-order valence-corrected chi connectivity index (χ3v) is 7.64. The molecule has 0 N–H and O–H groups in total. The lowest BCUT2D eigenvalue weighted by Gasteiger charge is -2.56. The Kier molecular flexibility index (Phi) is 4.48. The third-order valence-electron chi connectivity index (χ3n) is 7.64. The van der Waals surface area contributed by atoms with Crippen molar-refractivity contribution in [1.29, 1.82) is 0 Å². The summed E-state index contributed by atoms with van der Waals surface area (Å²) in [5, 5.41) is 0. The number of pyridine rings is 1. The van der Waals surface area contributed by atoms with E-state index in [0.717, 1.165) is 28.7 Å². The van der Waals surface area contributed by atoms with E-state index in [1.54, 1.807) is 0 Å². The summed E-state index contributed by atoms with van der Waals surface area (Å²) in [6.45, 7) is 12.7.